The third kappa shape index (κ3) is 6.99. The predicted octanol–water partition coefficient (Wildman–Crippen LogP) is 7.71. The van der Waals surface area contributed by atoms with Gasteiger partial charge >= 0.3 is 5.97 Å². The van der Waals surface area contributed by atoms with Crippen molar-refractivity contribution in [3.63, 3.8) is 0 Å². The predicted molar refractivity (Wildman–Crippen MR) is 153 cm³/mol. The topological polar surface area (TPSA) is 81.5 Å². The van der Waals surface area contributed by atoms with Crippen molar-refractivity contribution in [2.45, 2.75) is 32.3 Å². The lowest BCUT2D eigenvalue weighted by atomic mass is 10.1. The summed E-state index contributed by atoms with van der Waals surface area (Å²) in [6.07, 6.45) is 2.47. The number of benzene rings is 4. The fraction of sp³-hybridized carbons (Fsp3) is 0.182. The van der Waals surface area contributed by atoms with E-state index >= 15 is 0 Å². The molecule has 0 amide bonds. The molecule has 0 saturated carbocycles. The number of halogens is 1. The van der Waals surface area contributed by atoms with Crippen LogP contribution >= 0.6 is 0 Å². The molecule has 0 saturated heterocycles. The van der Waals surface area contributed by atoms with Crippen LogP contribution in [0.2, 0.25) is 0 Å². The molecule has 7 heteroatoms. The minimum absolute atomic E-state index is 0.0530. The minimum atomic E-state index is -0.765. The van der Waals surface area contributed by atoms with E-state index in [0.29, 0.717) is 36.0 Å². The van der Waals surface area contributed by atoms with Gasteiger partial charge < -0.3 is 14.6 Å². The molecular formula is C33H29FN2O4. The highest BCUT2D eigenvalue weighted by molar-refractivity contribution is 5.87. The molecule has 0 aliphatic carbocycles. The smallest absolute Gasteiger partial charge is 0.303 e. The Morgan fingerprint density at radius 1 is 0.750 bits per heavy atom. The molecule has 5 aromatic rings. The molecule has 1 aromatic heterocycles. The highest BCUT2D eigenvalue weighted by Gasteiger charge is 2.12. The van der Waals surface area contributed by atoms with Gasteiger partial charge in [0, 0.05) is 29.2 Å². The van der Waals surface area contributed by atoms with Crippen molar-refractivity contribution in [3.05, 3.63) is 108 Å². The number of ether oxygens (including phenoxy) is 2. The number of rotatable bonds is 12. The molecule has 0 radical (unpaired) electrons. The van der Waals surface area contributed by atoms with Crippen LogP contribution in [-0.4, -0.2) is 27.7 Å². The number of nitrogens with zero attached hydrogens (tertiary/aromatic N) is 2. The fourth-order valence-corrected chi connectivity index (χ4v) is 4.35. The number of aromatic nitrogens is 2. The van der Waals surface area contributed by atoms with E-state index in [4.69, 9.17) is 19.6 Å². The van der Waals surface area contributed by atoms with Crippen molar-refractivity contribution in [3.8, 4) is 34.3 Å². The SMILES string of the molecule is O=C(O)CCCCCOc1ccc2cc(-c3nc(OCc4ccccc4F)cc(-c4ccccc4)n3)ccc2c1. The molecule has 0 aliphatic heterocycles. The van der Waals surface area contributed by atoms with Crippen LogP contribution in [0.5, 0.6) is 11.6 Å². The molecule has 40 heavy (non-hydrogen) atoms. The Morgan fingerprint density at radius 3 is 2.35 bits per heavy atom. The Bertz CT molecular complexity index is 1610. The average Bonchev–Trinajstić information content (AvgIpc) is 2.98. The number of carboxylic acids is 1. The van der Waals surface area contributed by atoms with E-state index in [0.717, 1.165) is 40.5 Å². The van der Waals surface area contributed by atoms with E-state index in [-0.39, 0.29) is 18.8 Å². The molecule has 202 valence electrons. The third-order valence-corrected chi connectivity index (χ3v) is 6.48. The van der Waals surface area contributed by atoms with E-state index in [2.05, 4.69) is 4.98 Å². The molecule has 0 fully saturated rings. The summed E-state index contributed by atoms with van der Waals surface area (Å²) in [5.74, 6) is 0.548. The Morgan fingerprint density at radius 2 is 1.52 bits per heavy atom. The summed E-state index contributed by atoms with van der Waals surface area (Å²) in [4.78, 5) is 20.1. The Labute approximate surface area is 232 Å². The average molecular weight is 537 g/mol. The maximum Gasteiger partial charge on any atom is 0.303 e. The second-order valence-electron chi connectivity index (χ2n) is 9.44. The maximum absolute atomic E-state index is 14.2. The minimum Gasteiger partial charge on any atom is -0.494 e. The summed E-state index contributed by atoms with van der Waals surface area (Å²) in [5, 5.41) is 10.8. The molecule has 0 spiro atoms. The first-order chi connectivity index (χ1) is 19.5. The third-order valence-electron chi connectivity index (χ3n) is 6.48. The zero-order valence-electron chi connectivity index (χ0n) is 21.9. The van der Waals surface area contributed by atoms with Gasteiger partial charge in [0.05, 0.1) is 12.3 Å². The number of hydrogen-bond donors (Lipinski definition) is 1. The zero-order chi connectivity index (χ0) is 27.7. The van der Waals surface area contributed by atoms with Crippen molar-refractivity contribution in [2.24, 2.45) is 0 Å². The lowest BCUT2D eigenvalue weighted by molar-refractivity contribution is -0.137. The Kier molecular flexibility index (Phi) is 8.61. The summed E-state index contributed by atoms with van der Waals surface area (Å²) in [6.45, 7) is 0.594. The summed E-state index contributed by atoms with van der Waals surface area (Å²) >= 11 is 0. The quantitative estimate of drug-likeness (QED) is 0.165. The molecular weight excluding hydrogens is 507 g/mol. The number of hydrogen-bond acceptors (Lipinski definition) is 5. The van der Waals surface area contributed by atoms with Crippen molar-refractivity contribution in [2.75, 3.05) is 6.61 Å². The van der Waals surface area contributed by atoms with Crippen LogP contribution in [0.3, 0.4) is 0 Å². The van der Waals surface area contributed by atoms with E-state index in [1.165, 1.54) is 6.07 Å². The van der Waals surface area contributed by atoms with E-state index < -0.39 is 5.97 Å². The van der Waals surface area contributed by atoms with Gasteiger partial charge in [-0.25, -0.2) is 9.37 Å². The second-order valence-corrected chi connectivity index (χ2v) is 9.44. The van der Waals surface area contributed by atoms with Crippen LogP contribution in [0, 0.1) is 5.82 Å². The van der Waals surface area contributed by atoms with Crippen LogP contribution in [-0.2, 0) is 11.4 Å². The monoisotopic (exact) mass is 536 g/mol. The molecule has 0 unspecified atom stereocenters. The van der Waals surface area contributed by atoms with Crippen LogP contribution < -0.4 is 9.47 Å². The first-order valence-corrected chi connectivity index (χ1v) is 13.2. The normalized spacial score (nSPS) is 10.9. The van der Waals surface area contributed by atoms with Gasteiger partial charge in [-0.1, -0.05) is 66.7 Å². The highest BCUT2D eigenvalue weighted by atomic mass is 19.1. The van der Waals surface area contributed by atoms with Gasteiger partial charge in [0.2, 0.25) is 5.88 Å². The van der Waals surface area contributed by atoms with Crippen molar-refractivity contribution < 1.29 is 23.8 Å². The van der Waals surface area contributed by atoms with Crippen molar-refractivity contribution >= 4 is 16.7 Å². The summed E-state index contributed by atoms with van der Waals surface area (Å²) in [6, 6.07) is 30.0. The van der Waals surface area contributed by atoms with Gasteiger partial charge in [0.1, 0.15) is 18.2 Å². The molecule has 0 atom stereocenters. The summed E-state index contributed by atoms with van der Waals surface area (Å²) in [7, 11) is 0. The fourth-order valence-electron chi connectivity index (χ4n) is 4.35. The number of unbranched alkanes of at least 4 members (excludes halogenated alkanes) is 2. The molecule has 1 N–H and O–H groups in total. The standard InChI is InChI=1S/C33H29FN2O4/c34-29-12-7-6-11-27(29)22-40-31-21-30(23-9-3-1-4-10-23)35-33(36-31)26-15-14-25-20-28(17-16-24(25)19-26)39-18-8-2-5-13-32(37)38/h1,3-4,6-7,9-12,14-17,19-21H,2,5,8,13,18,22H2,(H,37,38). The summed E-state index contributed by atoms with van der Waals surface area (Å²) in [5.41, 5.74) is 2.91. The Balaban J connectivity index is 1.36. The van der Waals surface area contributed by atoms with Crippen molar-refractivity contribution in [1.29, 1.82) is 0 Å². The lowest BCUT2D eigenvalue weighted by Crippen LogP contribution is -2.02. The molecule has 5 rings (SSSR count). The zero-order valence-corrected chi connectivity index (χ0v) is 21.9. The lowest BCUT2D eigenvalue weighted by Gasteiger charge is -2.11. The Hall–Kier alpha value is -4.78. The molecule has 0 bridgehead atoms. The van der Waals surface area contributed by atoms with Gasteiger partial charge in [0.25, 0.3) is 0 Å². The van der Waals surface area contributed by atoms with Crippen molar-refractivity contribution in [1.82, 2.24) is 9.97 Å². The van der Waals surface area contributed by atoms with E-state index in [1.54, 1.807) is 24.3 Å². The van der Waals surface area contributed by atoms with Gasteiger partial charge in [-0.3, -0.25) is 4.79 Å². The van der Waals surface area contributed by atoms with Gasteiger partial charge in [0.15, 0.2) is 5.82 Å². The second kappa shape index (κ2) is 12.8. The highest BCUT2D eigenvalue weighted by Crippen LogP contribution is 2.29. The number of carbonyl (C=O) groups is 1. The van der Waals surface area contributed by atoms with Crippen LogP contribution in [0.25, 0.3) is 33.4 Å². The molecule has 0 aliphatic rings. The van der Waals surface area contributed by atoms with Crippen LogP contribution in [0.1, 0.15) is 31.2 Å². The first-order valence-electron chi connectivity index (χ1n) is 13.2. The number of fused-ring (bicyclic) bond motifs is 1. The maximum atomic E-state index is 14.2. The van der Waals surface area contributed by atoms with Crippen LogP contribution in [0.15, 0.2) is 97.1 Å². The summed E-state index contributed by atoms with van der Waals surface area (Å²) < 4.78 is 26.0. The molecule has 1 heterocycles. The molecule has 6 nitrogen and oxygen atoms in total. The van der Waals surface area contributed by atoms with Gasteiger partial charge in [-0.05, 0) is 54.3 Å². The van der Waals surface area contributed by atoms with Gasteiger partial charge in [-0.15, -0.1) is 0 Å². The van der Waals surface area contributed by atoms with E-state index in [9.17, 15) is 9.18 Å². The number of carboxylic acid groups (broad SMARTS) is 1. The van der Waals surface area contributed by atoms with E-state index in [1.807, 2.05) is 66.7 Å². The largest absolute Gasteiger partial charge is 0.494 e. The number of aliphatic carboxylic acids is 1. The van der Waals surface area contributed by atoms with Crippen LogP contribution in [0.4, 0.5) is 4.39 Å². The van der Waals surface area contributed by atoms with Gasteiger partial charge in [-0.2, -0.15) is 4.98 Å². The first kappa shape index (κ1) is 26.8. The molecule has 4 aromatic carbocycles.